The van der Waals surface area contributed by atoms with Crippen molar-refractivity contribution in [1.29, 1.82) is 0 Å². The molecule has 3 rings (SSSR count). The SMILES string of the molecule is COc1cc(N)c(Cl)cc1C(=O)NCCCN1CCN(c2ccccc2OC)CC1. The smallest absolute Gasteiger partial charge is 0.255 e. The second-order valence-electron chi connectivity index (χ2n) is 7.18. The lowest BCUT2D eigenvalue weighted by Crippen LogP contribution is -2.47. The van der Waals surface area contributed by atoms with E-state index < -0.39 is 0 Å². The van der Waals surface area contributed by atoms with Gasteiger partial charge in [0.15, 0.2) is 0 Å². The van der Waals surface area contributed by atoms with Crippen LogP contribution in [0.5, 0.6) is 11.5 Å². The summed E-state index contributed by atoms with van der Waals surface area (Å²) in [7, 11) is 3.21. The molecular weight excluding hydrogens is 404 g/mol. The largest absolute Gasteiger partial charge is 0.496 e. The van der Waals surface area contributed by atoms with Crippen molar-refractivity contribution in [2.24, 2.45) is 0 Å². The number of benzene rings is 2. The number of rotatable bonds is 8. The normalized spacial score (nSPS) is 14.4. The van der Waals surface area contributed by atoms with E-state index in [0.29, 0.717) is 28.6 Å². The third kappa shape index (κ3) is 5.29. The van der Waals surface area contributed by atoms with E-state index in [1.54, 1.807) is 19.2 Å². The van der Waals surface area contributed by atoms with Crippen LogP contribution in [0.15, 0.2) is 36.4 Å². The fraction of sp³-hybridized carbons (Fsp3) is 0.409. The number of anilines is 2. The minimum atomic E-state index is -0.213. The summed E-state index contributed by atoms with van der Waals surface area (Å²) < 4.78 is 10.7. The maximum atomic E-state index is 12.5. The Morgan fingerprint density at radius 1 is 1.10 bits per heavy atom. The van der Waals surface area contributed by atoms with Gasteiger partial charge in [0.2, 0.25) is 0 Å². The number of hydrogen-bond donors (Lipinski definition) is 2. The van der Waals surface area contributed by atoms with E-state index >= 15 is 0 Å². The Kier molecular flexibility index (Phi) is 7.65. The van der Waals surface area contributed by atoms with Crippen LogP contribution in [0.3, 0.4) is 0 Å². The number of nitrogens with zero attached hydrogens (tertiary/aromatic N) is 2. The molecule has 7 nitrogen and oxygen atoms in total. The van der Waals surface area contributed by atoms with Gasteiger partial charge in [0.25, 0.3) is 5.91 Å². The zero-order valence-corrected chi connectivity index (χ0v) is 18.2. The molecule has 0 aliphatic carbocycles. The van der Waals surface area contributed by atoms with Gasteiger partial charge in [-0.1, -0.05) is 23.7 Å². The van der Waals surface area contributed by atoms with Crippen molar-refractivity contribution < 1.29 is 14.3 Å². The van der Waals surface area contributed by atoms with Crippen molar-refractivity contribution in [3.8, 4) is 11.5 Å². The van der Waals surface area contributed by atoms with E-state index in [4.69, 9.17) is 26.8 Å². The fourth-order valence-electron chi connectivity index (χ4n) is 3.62. The number of nitrogens with two attached hydrogens (primary N) is 1. The number of hydrogen-bond acceptors (Lipinski definition) is 6. The molecule has 0 spiro atoms. The van der Waals surface area contributed by atoms with Crippen molar-refractivity contribution in [1.82, 2.24) is 10.2 Å². The number of amides is 1. The molecular formula is C22H29ClN4O3. The first-order valence-electron chi connectivity index (χ1n) is 10.0. The summed E-state index contributed by atoms with van der Waals surface area (Å²) >= 11 is 6.05. The Bertz CT molecular complexity index is 869. The highest BCUT2D eigenvalue weighted by molar-refractivity contribution is 6.33. The predicted molar refractivity (Wildman–Crippen MR) is 121 cm³/mol. The van der Waals surface area contributed by atoms with Gasteiger partial charge in [0.1, 0.15) is 11.5 Å². The van der Waals surface area contributed by atoms with E-state index in [9.17, 15) is 4.79 Å². The van der Waals surface area contributed by atoms with Gasteiger partial charge in [-0.15, -0.1) is 0 Å². The van der Waals surface area contributed by atoms with Gasteiger partial charge in [-0.3, -0.25) is 9.69 Å². The average molecular weight is 433 g/mol. The van der Waals surface area contributed by atoms with Gasteiger partial charge in [-0.25, -0.2) is 0 Å². The number of carbonyl (C=O) groups excluding carboxylic acids is 1. The first-order valence-corrected chi connectivity index (χ1v) is 10.4. The molecule has 1 fully saturated rings. The zero-order chi connectivity index (χ0) is 21.5. The molecule has 0 aromatic heterocycles. The highest BCUT2D eigenvalue weighted by Gasteiger charge is 2.19. The van der Waals surface area contributed by atoms with Crippen LogP contribution in [0, 0.1) is 0 Å². The lowest BCUT2D eigenvalue weighted by Gasteiger charge is -2.36. The monoisotopic (exact) mass is 432 g/mol. The van der Waals surface area contributed by atoms with Gasteiger partial charge in [0, 0.05) is 38.8 Å². The van der Waals surface area contributed by atoms with Crippen molar-refractivity contribution in [2.45, 2.75) is 6.42 Å². The lowest BCUT2D eigenvalue weighted by atomic mass is 10.1. The van der Waals surface area contributed by atoms with Gasteiger partial charge in [-0.2, -0.15) is 0 Å². The second kappa shape index (κ2) is 10.4. The molecule has 2 aromatic rings. The van der Waals surface area contributed by atoms with Crippen LogP contribution in [0.1, 0.15) is 16.8 Å². The molecule has 0 atom stereocenters. The van der Waals surface area contributed by atoms with Crippen LogP contribution in [0.2, 0.25) is 5.02 Å². The fourth-order valence-corrected chi connectivity index (χ4v) is 3.78. The molecule has 8 heteroatoms. The molecule has 1 heterocycles. The Labute approximate surface area is 182 Å². The number of ether oxygens (including phenoxy) is 2. The van der Waals surface area contributed by atoms with E-state index in [1.807, 2.05) is 18.2 Å². The highest BCUT2D eigenvalue weighted by atomic mass is 35.5. The van der Waals surface area contributed by atoms with Gasteiger partial charge in [0.05, 0.1) is 36.2 Å². The number of nitrogens with one attached hydrogen (secondary N) is 1. The maximum Gasteiger partial charge on any atom is 0.255 e. The molecule has 1 amide bonds. The minimum absolute atomic E-state index is 0.213. The first kappa shape index (κ1) is 22.1. The van der Waals surface area contributed by atoms with Crippen LogP contribution < -0.4 is 25.4 Å². The lowest BCUT2D eigenvalue weighted by molar-refractivity contribution is 0.0948. The molecule has 1 saturated heterocycles. The first-order chi connectivity index (χ1) is 14.5. The minimum Gasteiger partial charge on any atom is -0.496 e. The van der Waals surface area contributed by atoms with Crippen LogP contribution in [0.4, 0.5) is 11.4 Å². The summed E-state index contributed by atoms with van der Waals surface area (Å²) in [4.78, 5) is 17.2. The number of para-hydroxylation sites is 2. The molecule has 2 aromatic carbocycles. The topological polar surface area (TPSA) is 80.1 Å². The van der Waals surface area contributed by atoms with E-state index in [1.165, 1.54) is 7.11 Å². The summed E-state index contributed by atoms with van der Waals surface area (Å²) in [5, 5.41) is 3.28. The van der Waals surface area contributed by atoms with E-state index in [0.717, 1.165) is 50.6 Å². The van der Waals surface area contributed by atoms with Crippen molar-refractivity contribution >= 4 is 28.9 Å². The summed E-state index contributed by atoms with van der Waals surface area (Å²) in [6.45, 7) is 5.37. The quantitative estimate of drug-likeness (QED) is 0.493. The zero-order valence-electron chi connectivity index (χ0n) is 17.5. The van der Waals surface area contributed by atoms with Gasteiger partial charge in [-0.05, 0) is 31.2 Å². The number of piperazine rings is 1. The molecule has 1 aliphatic heterocycles. The van der Waals surface area contributed by atoms with E-state index in [-0.39, 0.29) is 5.91 Å². The molecule has 0 unspecified atom stereocenters. The third-order valence-corrected chi connectivity index (χ3v) is 5.63. The summed E-state index contributed by atoms with van der Waals surface area (Å²) in [6.07, 6.45) is 0.866. The Hall–Kier alpha value is -2.64. The van der Waals surface area contributed by atoms with Gasteiger partial charge < -0.3 is 25.4 Å². The number of methoxy groups -OCH3 is 2. The summed E-state index contributed by atoms with van der Waals surface area (Å²) in [6, 6.07) is 11.2. The van der Waals surface area contributed by atoms with Crippen molar-refractivity contribution in [2.75, 3.05) is 64.1 Å². The summed E-state index contributed by atoms with van der Waals surface area (Å²) in [5.41, 5.74) is 7.69. The van der Waals surface area contributed by atoms with Crippen LogP contribution in [-0.2, 0) is 0 Å². The standard InChI is InChI=1S/C22H29ClN4O3/c1-29-20-7-4-3-6-19(20)27-12-10-26(11-13-27)9-5-8-25-22(28)16-14-17(23)18(24)15-21(16)30-2/h3-4,6-7,14-15H,5,8-13,24H2,1-2H3,(H,25,28). The molecule has 0 saturated carbocycles. The molecule has 1 aliphatic rings. The Balaban J connectivity index is 1.43. The third-order valence-electron chi connectivity index (χ3n) is 5.30. The predicted octanol–water partition coefficient (Wildman–Crippen LogP) is 2.88. The summed E-state index contributed by atoms with van der Waals surface area (Å²) in [5.74, 6) is 1.11. The van der Waals surface area contributed by atoms with Gasteiger partial charge >= 0.3 is 0 Å². The van der Waals surface area contributed by atoms with E-state index in [2.05, 4.69) is 21.2 Å². The average Bonchev–Trinajstić information content (AvgIpc) is 2.78. The number of halogens is 1. The molecule has 3 N–H and O–H groups in total. The van der Waals surface area contributed by atoms with Crippen LogP contribution >= 0.6 is 11.6 Å². The molecule has 0 radical (unpaired) electrons. The van der Waals surface area contributed by atoms with Crippen LogP contribution in [0.25, 0.3) is 0 Å². The van der Waals surface area contributed by atoms with Crippen molar-refractivity contribution in [3.63, 3.8) is 0 Å². The second-order valence-corrected chi connectivity index (χ2v) is 7.59. The number of nitrogen functional groups attached to an aromatic ring is 1. The Morgan fingerprint density at radius 3 is 2.50 bits per heavy atom. The van der Waals surface area contributed by atoms with Crippen molar-refractivity contribution in [3.05, 3.63) is 47.0 Å². The highest BCUT2D eigenvalue weighted by Crippen LogP contribution is 2.29. The number of carbonyl (C=O) groups is 1. The molecule has 30 heavy (non-hydrogen) atoms. The van der Waals surface area contributed by atoms with Crippen LogP contribution in [-0.4, -0.2) is 64.3 Å². The molecule has 162 valence electrons. The maximum absolute atomic E-state index is 12.5. The molecule has 0 bridgehead atoms. The Morgan fingerprint density at radius 2 is 1.80 bits per heavy atom.